The van der Waals surface area contributed by atoms with Crippen molar-refractivity contribution in [1.82, 2.24) is 4.98 Å². The van der Waals surface area contributed by atoms with Crippen molar-refractivity contribution in [1.29, 1.82) is 0 Å². The van der Waals surface area contributed by atoms with Crippen LogP contribution in [0.1, 0.15) is 55.0 Å². The molecule has 0 unspecified atom stereocenters. The number of carboxylic acid groups (broad SMARTS) is 1. The summed E-state index contributed by atoms with van der Waals surface area (Å²) in [6.45, 7) is 10.0. The van der Waals surface area contributed by atoms with Crippen LogP contribution >= 0.6 is 0 Å². The monoisotopic (exact) mass is 665 g/mol. The van der Waals surface area contributed by atoms with Gasteiger partial charge < -0.3 is 19.3 Å². The molecule has 0 aliphatic heterocycles. The molecule has 1 N–H and O–H groups in total. The van der Waals surface area contributed by atoms with E-state index in [4.69, 9.17) is 19.2 Å². The quantitative estimate of drug-likeness (QED) is 0.135. The van der Waals surface area contributed by atoms with Crippen molar-refractivity contribution in [2.75, 3.05) is 13.2 Å². The fourth-order valence-electron chi connectivity index (χ4n) is 5.74. The molecule has 0 fully saturated rings. The maximum absolute atomic E-state index is 13.3. The molecule has 0 radical (unpaired) electrons. The molecule has 1 aromatic heterocycles. The van der Waals surface area contributed by atoms with Gasteiger partial charge in [-0.3, -0.25) is 4.98 Å². The number of carbonyl (C=O) groups is 1. The predicted molar refractivity (Wildman–Crippen MR) is 187 cm³/mol. The average molecular weight is 666 g/mol. The molecular weight excluding hydrogens is 624 g/mol. The second-order valence-electron chi connectivity index (χ2n) is 12.9. The highest BCUT2D eigenvalue weighted by molar-refractivity contribution is 5.91. The zero-order valence-electron chi connectivity index (χ0n) is 28.4. The number of rotatable bonds is 13. The van der Waals surface area contributed by atoms with Crippen LogP contribution in [0.4, 0.5) is 8.78 Å². The number of nitrogens with zero attached hydrogens (tertiary/aromatic N) is 1. The molecule has 6 nitrogen and oxygen atoms in total. The smallest absolute Gasteiger partial charge is 0.337 e. The van der Waals surface area contributed by atoms with Crippen molar-refractivity contribution in [3.63, 3.8) is 0 Å². The molecule has 0 saturated heterocycles. The van der Waals surface area contributed by atoms with E-state index in [0.29, 0.717) is 54.4 Å². The van der Waals surface area contributed by atoms with E-state index in [2.05, 4.69) is 0 Å². The summed E-state index contributed by atoms with van der Waals surface area (Å²) < 4.78 is 44.7. The summed E-state index contributed by atoms with van der Waals surface area (Å²) in [7, 11) is 0. The third kappa shape index (κ3) is 9.30. The van der Waals surface area contributed by atoms with Crippen molar-refractivity contribution in [2.24, 2.45) is 0 Å². The van der Waals surface area contributed by atoms with Gasteiger partial charge in [0.15, 0.2) is 6.10 Å². The van der Waals surface area contributed by atoms with Crippen LogP contribution in [-0.4, -0.2) is 34.9 Å². The third-order valence-electron chi connectivity index (χ3n) is 8.00. The Kier molecular flexibility index (Phi) is 11.1. The molecule has 1 heterocycles. The Hall–Kier alpha value is -5.08. The van der Waals surface area contributed by atoms with E-state index < -0.39 is 17.7 Å². The number of aryl methyl sites for hydroxylation is 2. The van der Waals surface area contributed by atoms with E-state index in [-0.39, 0.29) is 11.6 Å². The first-order chi connectivity index (χ1) is 23.4. The third-order valence-corrected chi connectivity index (χ3v) is 8.00. The molecule has 254 valence electrons. The topological polar surface area (TPSA) is 77.9 Å². The fraction of sp³-hybridized carbons (Fsp3) is 0.268. The van der Waals surface area contributed by atoms with Gasteiger partial charge in [0.25, 0.3) is 0 Å². The lowest BCUT2D eigenvalue weighted by molar-refractivity contribution is -0.160. The summed E-state index contributed by atoms with van der Waals surface area (Å²) in [5.74, 6) is -0.333. The molecule has 5 aromatic rings. The molecule has 8 heteroatoms. The number of halogens is 2. The number of pyridine rings is 1. The lowest BCUT2D eigenvalue weighted by Gasteiger charge is -2.29. The summed E-state index contributed by atoms with van der Waals surface area (Å²) in [6.07, 6.45) is -0.0231. The molecule has 0 aliphatic carbocycles. The van der Waals surface area contributed by atoms with Gasteiger partial charge in [0, 0.05) is 35.4 Å². The normalized spacial score (nSPS) is 12.1. The summed E-state index contributed by atoms with van der Waals surface area (Å²) in [5.41, 5.74) is 6.11. The molecule has 0 bridgehead atoms. The first-order valence-corrected chi connectivity index (χ1v) is 16.2. The maximum Gasteiger partial charge on any atom is 0.337 e. The summed E-state index contributed by atoms with van der Waals surface area (Å²) in [4.78, 5) is 17.6. The van der Waals surface area contributed by atoms with Gasteiger partial charge in [-0.25, -0.2) is 13.6 Å². The zero-order valence-corrected chi connectivity index (χ0v) is 28.4. The summed E-state index contributed by atoms with van der Waals surface area (Å²) in [6, 6.07) is 27.9. The number of benzene rings is 4. The number of hydrogen-bond donors (Lipinski definition) is 1. The summed E-state index contributed by atoms with van der Waals surface area (Å²) >= 11 is 0. The molecule has 0 saturated carbocycles. The summed E-state index contributed by atoms with van der Waals surface area (Å²) in [5, 5.41) is 10.5. The number of aliphatic carboxylic acids is 1. The van der Waals surface area contributed by atoms with Gasteiger partial charge in [-0.15, -0.1) is 0 Å². The Morgan fingerprint density at radius 3 is 1.51 bits per heavy atom. The van der Waals surface area contributed by atoms with E-state index in [1.807, 2.05) is 83.1 Å². The highest BCUT2D eigenvalue weighted by Crippen LogP contribution is 2.43. The zero-order chi connectivity index (χ0) is 35.1. The predicted octanol–water partition coefficient (Wildman–Crippen LogP) is 9.49. The standard InChI is InChI=1S/C41H41F2NO5/c1-26-36(30-10-18-34(19-11-30)47-24-22-28-6-14-32(42)15-7-28)38(37(27(2)44-26)39(40(45)46)49-41(3,4)5)31-12-20-35(21-13-31)48-25-23-29-8-16-33(43)17-9-29/h6-21,39H,22-25H2,1-5H3,(H,45,46)/t39-/m0/s1. The Balaban J connectivity index is 1.47. The van der Waals surface area contributed by atoms with Gasteiger partial charge in [0.2, 0.25) is 0 Å². The Morgan fingerprint density at radius 1 is 0.673 bits per heavy atom. The van der Waals surface area contributed by atoms with E-state index in [0.717, 1.165) is 33.5 Å². The van der Waals surface area contributed by atoms with E-state index in [1.54, 1.807) is 24.3 Å². The second-order valence-corrected chi connectivity index (χ2v) is 12.9. The molecule has 5 rings (SSSR count). The Labute approximate surface area is 286 Å². The van der Waals surface area contributed by atoms with E-state index >= 15 is 0 Å². The first-order valence-electron chi connectivity index (χ1n) is 16.2. The largest absolute Gasteiger partial charge is 0.493 e. The van der Waals surface area contributed by atoms with Gasteiger partial charge in [-0.05, 0) is 111 Å². The first kappa shape index (κ1) is 35.2. The number of carboxylic acids is 1. The van der Waals surface area contributed by atoms with Crippen LogP contribution in [-0.2, 0) is 22.4 Å². The SMILES string of the molecule is Cc1nc(C)c([C@H](OC(C)(C)C)C(=O)O)c(-c2ccc(OCCc3ccc(F)cc3)cc2)c1-c1ccc(OCCc2ccc(F)cc2)cc1. The van der Waals surface area contributed by atoms with Gasteiger partial charge in [0.1, 0.15) is 23.1 Å². The molecule has 1 atom stereocenters. The number of aromatic nitrogens is 1. The lowest BCUT2D eigenvalue weighted by atomic mass is 9.86. The molecule has 0 amide bonds. The molecule has 4 aromatic carbocycles. The maximum atomic E-state index is 13.3. The minimum Gasteiger partial charge on any atom is -0.493 e. The number of hydrogen-bond acceptors (Lipinski definition) is 5. The highest BCUT2D eigenvalue weighted by atomic mass is 19.1. The van der Waals surface area contributed by atoms with Crippen LogP contribution in [0.3, 0.4) is 0 Å². The van der Waals surface area contributed by atoms with Crippen molar-refractivity contribution in [3.8, 4) is 33.8 Å². The van der Waals surface area contributed by atoms with Crippen LogP contribution in [0.2, 0.25) is 0 Å². The minimum absolute atomic E-state index is 0.272. The van der Waals surface area contributed by atoms with Crippen LogP contribution in [0, 0.1) is 25.5 Å². The average Bonchev–Trinajstić information content (AvgIpc) is 3.06. The molecular formula is C41H41F2NO5. The Bertz CT molecular complexity index is 1870. The van der Waals surface area contributed by atoms with E-state index in [9.17, 15) is 18.7 Å². The molecule has 0 aliphatic rings. The van der Waals surface area contributed by atoms with Crippen molar-refractivity contribution < 1.29 is 32.9 Å². The van der Waals surface area contributed by atoms with Gasteiger partial charge >= 0.3 is 5.97 Å². The number of ether oxygens (including phenoxy) is 3. The van der Waals surface area contributed by atoms with Gasteiger partial charge in [-0.2, -0.15) is 0 Å². The minimum atomic E-state index is -1.28. The Morgan fingerprint density at radius 2 is 1.10 bits per heavy atom. The molecule has 49 heavy (non-hydrogen) atoms. The van der Waals surface area contributed by atoms with Crippen LogP contribution in [0.5, 0.6) is 11.5 Å². The van der Waals surface area contributed by atoms with Gasteiger partial charge in [0.05, 0.1) is 18.8 Å². The van der Waals surface area contributed by atoms with Crippen LogP contribution < -0.4 is 9.47 Å². The molecule has 0 spiro atoms. The van der Waals surface area contributed by atoms with Gasteiger partial charge in [-0.1, -0.05) is 48.5 Å². The lowest BCUT2D eigenvalue weighted by Crippen LogP contribution is -2.28. The van der Waals surface area contributed by atoms with Crippen molar-refractivity contribution in [2.45, 2.75) is 59.2 Å². The van der Waals surface area contributed by atoms with E-state index in [1.165, 1.54) is 24.3 Å². The van der Waals surface area contributed by atoms with Crippen LogP contribution in [0.15, 0.2) is 97.1 Å². The van der Waals surface area contributed by atoms with Crippen LogP contribution in [0.25, 0.3) is 22.3 Å². The van der Waals surface area contributed by atoms with Crippen molar-refractivity contribution >= 4 is 5.97 Å². The second kappa shape index (κ2) is 15.4. The highest BCUT2D eigenvalue weighted by Gasteiger charge is 2.33. The van der Waals surface area contributed by atoms with Crippen molar-refractivity contribution in [3.05, 3.63) is 137 Å². The fourth-order valence-corrected chi connectivity index (χ4v) is 5.74.